The van der Waals surface area contributed by atoms with Gasteiger partial charge in [-0.2, -0.15) is 0 Å². The Morgan fingerprint density at radius 1 is 1.26 bits per heavy atom. The van der Waals surface area contributed by atoms with Crippen molar-refractivity contribution >= 4 is 6.02 Å². The van der Waals surface area contributed by atoms with Gasteiger partial charge in [-0.3, -0.25) is 0 Å². The summed E-state index contributed by atoms with van der Waals surface area (Å²) in [5, 5.41) is 29.8. The summed E-state index contributed by atoms with van der Waals surface area (Å²) >= 11 is 0. The third-order valence-electron chi connectivity index (χ3n) is 4.94. The van der Waals surface area contributed by atoms with Gasteiger partial charge in [0.15, 0.2) is 0 Å². The van der Waals surface area contributed by atoms with Gasteiger partial charge < -0.3 is 25.0 Å². The quantitative estimate of drug-likeness (QED) is 0.684. The number of aliphatic hydroxyl groups is 3. The van der Waals surface area contributed by atoms with Crippen LogP contribution in [0.3, 0.4) is 0 Å². The van der Waals surface area contributed by atoms with E-state index in [9.17, 15) is 15.3 Å². The molecule has 1 heterocycles. The number of hydrogen-bond donors (Lipinski definition) is 3. The second kappa shape index (κ2) is 7.03. The predicted octanol–water partition coefficient (Wildman–Crippen LogP) is 0.441. The van der Waals surface area contributed by atoms with Crippen molar-refractivity contribution in [3.63, 3.8) is 0 Å². The number of amidine groups is 1. The van der Waals surface area contributed by atoms with Gasteiger partial charge in [-0.05, 0) is 12.8 Å². The molecule has 6 heteroatoms. The van der Waals surface area contributed by atoms with Gasteiger partial charge in [-0.15, -0.1) is 0 Å². The molecule has 128 valence electrons. The van der Waals surface area contributed by atoms with Crippen molar-refractivity contribution in [2.45, 2.75) is 56.6 Å². The summed E-state index contributed by atoms with van der Waals surface area (Å²) < 4.78 is 6.01. The van der Waals surface area contributed by atoms with Crippen LogP contribution >= 0.6 is 0 Å². The molecule has 0 unspecified atom stereocenters. The van der Waals surface area contributed by atoms with Crippen LogP contribution in [-0.4, -0.2) is 69.8 Å². The molecule has 5 atom stereocenters. The number of hydrogen-bond acceptors (Lipinski definition) is 6. The van der Waals surface area contributed by atoms with E-state index in [1.54, 1.807) is 0 Å². The normalized spacial score (nSPS) is 36.0. The monoisotopic (exact) mass is 322 g/mol. The molecule has 1 fully saturated rings. The maximum absolute atomic E-state index is 10.3. The Kier molecular flexibility index (Phi) is 5.04. The lowest BCUT2D eigenvalue weighted by atomic mass is 9.80. The van der Waals surface area contributed by atoms with Gasteiger partial charge in [0.25, 0.3) is 6.02 Å². The molecule has 0 aromatic heterocycles. The van der Waals surface area contributed by atoms with Crippen molar-refractivity contribution in [1.82, 2.24) is 4.90 Å². The number of allylic oxidation sites excluding steroid dienone is 2. The molecule has 2 aliphatic carbocycles. The summed E-state index contributed by atoms with van der Waals surface area (Å²) in [4.78, 5) is 6.68. The maximum Gasteiger partial charge on any atom is 0.288 e. The minimum atomic E-state index is -0.994. The lowest BCUT2D eigenvalue weighted by molar-refractivity contribution is -0.0955. The highest BCUT2D eigenvalue weighted by atomic mass is 16.5. The van der Waals surface area contributed by atoms with Crippen LogP contribution in [0.1, 0.15) is 26.2 Å². The number of aliphatic hydroxyl groups excluding tert-OH is 3. The second-order valence-corrected chi connectivity index (χ2v) is 6.53. The van der Waals surface area contributed by atoms with E-state index < -0.39 is 18.2 Å². The molecule has 0 aromatic carbocycles. The van der Waals surface area contributed by atoms with Gasteiger partial charge in [0.05, 0.1) is 12.1 Å². The smallest absolute Gasteiger partial charge is 0.288 e. The van der Waals surface area contributed by atoms with Crippen LogP contribution in [0.5, 0.6) is 0 Å². The molecule has 0 bridgehead atoms. The van der Waals surface area contributed by atoms with E-state index in [0.29, 0.717) is 12.4 Å². The van der Waals surface area contributed by atoms with Crippen molar-refractivity contribution in [3.8, 4) is 0 Å². The lowest BCUT2D eigenvalue weighted by Gasteiger charge is -2.36. The Morgan fingerprint density at radius 3 is 2.65 bits per heavy atom. The van der Waals surface area contributed by atoms with Crippen LogP contribution in [-0.2, 0) is 4.74 Å². The first-order chi connectivity index (χ1) is 11.2. The van der Waals surface area contributed by atoms with Gasteiger partial charge in [0, 0.05) is 19.1 Å². The van der Waals surface area contributed by atoms with E-state index in [2.05, 4.69) is 29.0 Å². The average molecular weight is 322 g/mol. The molecule has 3 N–H and O–H groups in total. The number of fused-ring (bicyclic) bond motifs is 1. The molecule has 0 saturated heterocycles. The van der Waals surface area contributed by atoms with E-state index >= 15 is 0 Å². The topological polar surface area (TPSA) is 85.5 Å². The first kappa shape index (κ1) is 16.5. The zero-order chi connectivity index (χ0) is 16.4. The van der Waals surface area contributed by atoms with Crippen molar-refractivity contribution in [3.05, 3.63) is 24.3 Å². The summed E-state index contributed by atoms with van der Waals surface area (Å²) in [5.74, 6) is -0.365. The molecule has 6 nitrogen and oxygen atoms in total. The van der Waals surface area contributed by atoms with Crippen LogP contribution in [0, 0.1) is 5.92 Å². The highest BCUT2D eigenvalue weighted by Gasteiger charge is 2.48. The third kappa shape index (κ3) is 3.16. The highest BCUT2D eigenvalue weighted by Crippen LogP contribution is 2.34. The van der Waals surface area contributed by atoms with E-state index in [4.69, 9.17) is 4.74 Å². The number of aliphatic imine (C=N–C) groups is 1. The largest absolute Gasteiger partial charge is 0.459 e. The molecule has 23 heavy (non-hydrogen) atoms. The summed E-state index contributed by atoms with van der Waals surface area (Å²) in [5.41, 5.74) is 0. The Labute approximate surface area is 136 Å². The van der Waals surface area contributed by atoms with Crippen LogP contribution < -0.4 is 0 Å². The predicted molar refractivity (Wildman–Crippen MR) is 87.0 cm³/mol. The molecule has 1 saturated carbocycles. The fourth-order valence-corrected chi connectivity index (χ4v) is 3.50. The lowest BCUT2D eigenvalue weighted by Crippen LogP contribution is -2.52. The van der Waals surface area contributed by atoms with Crippen LogP contribution in [0.15, 0.2) is 29.3 Å². The number of rotatable bonds is 5. The van der Waals surface area contributed by atoms with E-state index in [1.807, 2.05) is 12.2 Å². The Balaban J connectivity index is 1.77. The number of nitrogens with zero attached hydrogens (tertiary/aromatic N) is 2. The minimum Gasteiger partial charge on any atom is -0.459 e. The molecule has 3 rings (SSSR count). The Hall–Kier alpha value is -1.37. The third-order valence-corrected chi connectivity index (χ3v) is 4.94. The van der Waals surface area contributed by atoms with Gasteiger partial charge >= 0.3 is 0 Å². The van der Waals surface area contributed by atoms with Crippen molar-refractivity contribution in [2.24, 2.45) is 10.9 Å². The van der Waals surface area contributed by atoms with Gasteiger partial charge in [-0.1, -0.05) is 37.6 Å². The van der Waals surface area contributed by atoms with E-state index in [1.165, 1.54) is 0 Å². The van der Waals surface area contributed by atoms with Gasteiger partial charge in [0.1, 0.15) is 18.2 Å². The zero-order valence-electron chi connectivity index (χ0n) is 13.5. The Bertz CT molecular complexity index is 493. The molecule has 0 radical (unpaired) electrons. The first-order valence-corrected chi connectivity index (χ1v) is 8.48. The summed E-state index contributed by atoms with van der Waals surface area (Å²) in [6.07, 6.45) is 8.57. The summed E-state index contributed by atoms with van der Waals surface area (Å²) in [6, 6.07) is 0.205. The molecule has 1 aliphatic heterocycles. The van der Waals surface area contributed by atoms with Gasteiger partial charge in [-0.25, -0.2) is 4.99 Å². The number of unbranched alkanes of at least 4 members (excludes halogenated alkanes) is 1. The van der Waals surface area contributed by atoms with E-state index in [0.717, 1.165) is 19.4 Å². The standard InChI is InChI=1S/C17H26N2O4/c1-2-3-8-19(12-6-4-5-7-12)17-18-14-13(23-17)9-11(10-20)15(21)16(14)22/h4-7,11-16,20-22H,2-3,8-10H2,1H3/t11-,13+,14+,15-,16-/m1/s1. The number of ether oxygens (including phenoxy) is 1. The van der Waals surface area contributed by atoms with Crippen molar-refractivity contribution in [1.29, 1.82) is 0 Å². The van der Waals surface area contributed by atoms with Gasteiger partial charge in [0.2, 0.25) is 0 Å². The maximum atomic E-state index is 10.3. The fourth-order valence-electron chi connectivity index (χ4n) is 3.50. The molecular weight excluding hydrogens is 296 g/mol. The molecule has 0 spiro atoms. The second-order valence-electron chi connectivity index (χ2n) is 6.53. The highest BCUT2D eigenvalue weighted by molar-refractivity contribution is 5.77. The molecular formula is C17H26N2O4. The molecule has 3 aliphatic rings. The fraction of sp³-hybridized carbons (Fsp3) is 0.706. The SMILES string of the molecule is CCCCN(C1=N[C@@H]2[C@@H](O)[C@H](O)[C@@H](CO)C[C@@H]2O1)C1C=CC=C1. The van der Waals surface area contributed by atoms with Crippen molar-refractivity contribution < 1.29 is 20.1 Å². The molecule has 0 amide bonds. The Morgan fingerprint density at radius 2 is 2.00 bits per heavy atom. The van der Waals surface area contributed by atoms with E-state index in [-0.39, 0.29) is 24.7 Å². The average Bonchev–Trinajstić information content (AvgIpc) is 3.21. The summed E-state index contributed by atoms with van der Waals surface area (Å²) in [7, 11) is 0. The summed E-state index contributed by atoms with van der Waals surface area (Å²) in [6.45, 7) is 2.81. The molecule has 0 aromatic rings. The van der Waals surface area contributed by atoms with Crippen LogP contribution in [0.2, 0.25) is 0 Å². The van der Waals surface area contributed by atoms with Crippen LogP contribution in [0.4, 0.5) is 0 Å². The zero-order valence-corrected chi connectivity index (χ0v) is 13.5. The van der Waals surface area contributed by atoms with Crippen LogP contribution in [0.25, 0.3) is 0 Å². The first-order valence-electron chi connectivity index (χ1n) is 8.48. The van der Waals surface area contributed by atoms with Crippen molar-refractivity contribution in [2.75, 3.05) is 13.2 Å². The minimum absolute atomic E-state index is 0.121.